The number of rotatable bonds is 5. The topological polar surface area (TPSA) is 62.2 Å². The van der Waals surface area contributed by atoms with Crippen molar-refractivity contribution in [2.45, 2.75) is 77.9 Å². The molecule has 1 aliphatic heterocycles. The van der Waals surface area contributed by atoms with Crippen LogP contribution in [0.5, 0.6) is 0 Å². The maximum absolute atomic E-state index is 12.2. The number of ether oxygens (including phenoxy) is 1. The van der Waals surface area contributed by atoms with Gasteiger partial charge in [0, 0.05) is 13.6 Å². The van der Waals surface area contributed by atoms with Crippen LogP contribution in [0.15, 0.2) is 5.10 Å². The van der Waals surface area contributed by atoms with Gasteiger partial charge in [-0.1, -0.05) is 25.7 Å². The summed E-state index contributed by atoms with van der Waals surface area (Å²) < 4.78 is 5.38. The van der Waals surface area contributed by atoms with E-state index in [2.05, 4.69) is 5.10 Å². The quantitative estimate of drug-likeness (QED) is 0.772. The lowest BCUT2D eigenvalue weighted by molar-refractivity contribution is -0.128. The molecule has 0 aromatic heterocycles. The van der Waals surface area contributed by atoms with E-state index in [-0.39, 0.29) is 11.9 Å². The number of hydrogen-bond acceptors (Lipinski definition) is 4. The number of hydrogen-bond donors (Lipinski definition) is 0. The van der Waals surface area contributed by atoms with Gasteiger partial charge < -0.3 is 9.64 Å². The molecule has 2 rings (SSSR count). The number of carbonyl (C=O) groups excluding carboxylic acids is 2. The highest BCUT2D eigenvalue weighted by Crippen LogP contribution is 2.28. The van der Waals surface area contributed by atoms with Gasteiger partial charge in [0.25, 0.3) is 0 Å². The van der Waals surface area contributed by atoms with Crippen molar-refractivity contribution in [2.75, 3.05) is 13.6 Å². The van der Waals surface area contributed by atoms with Crippen molar-refractivity contribution in [3.8, 4) is 0 Å². The van der Waals surface area contributed by atoms with E-state index in [1.54, 1.807) is 12.1 Å². The average Bonchev–Trinajstić information content (AvgIpc) is 3.11. The second kappa shape index (κ2) is 7.53. The molecule has 0 aromatic carbocycles. The van der Waals surface area contributed by atoms with E-state index in [0.29, 0.717) is 13.0 Å². The van der Waals surface area contributed by atoms with Crippen LogP contribution in [0.4, 0.5) is 4.79 Å². The first kappa shape index (κ1) is 18.7. The van der Waals surface area contributed by atoms with Gasteiger partial charge in [-0.25, -0.2) is 9.80 Å². The van der Waals surface area contributed by atoms with Gasteiger partial charge in [-0.15, -0.1) is 0 Å². The minimum atomic E-state index is -0.536. The van der Waals surface area contributed by atoms with Crippen LogP contribution in [0.25, 0.3) is 0 Å². The van der Waals surface area contributed by atoms with E-state index in [0.717, 1.165) is 18.1 Å². The molecule has 0 bridgehead atoms. The first-order chi connectivity index (χ1) is 11.2. The van der Waals surface area contributed by atoms with Crippen LogP contribution < -0.4 is 0 Å². The fourth-order valence-electron chi connectivity index (χ4n) is 3.22. The molecule has 136 valence electrons. The zero-order valence-corrected chi connectivity index (χ0v) is 15.7. The van der Waals surface area contributed by atoms with Crippen molar-refractivity contribution in [1.82, 2.24) is 9.91 Å². The summed E-state index contributed by atoms with van der Waals surface area (Å²) in [5.41, 5.74) is 0.200. The second-order valence-electron chi connectivity index (χ2n) is 7.99. The molecular formula is C18H31N3O3. The molecule has 0 spiro atoms. The number of amides is 2. The van der Waals surface area contributed by atoms with E-state index in [4.69, 9.17) is 4.74 Å². The van der Waals surface area contributed by atoms with Crippen molar-refractivity contribution in [3.05, 3.63) is 0 Å². The fourth-order valence-corrected chi connectivity index (χ4v) is 3.22. The third kappa shape index (κ3) is 4.95. The van der Waals surface area contributed by atoms with Crippen molar-refractivity contribution in [2.24, 2.45) is 11.0 Å². The molecule has 6 heteroatoms. The molecule has 6 nitrogen and oxygen atoms in total. The highest BCUT2D eigenvalue weighted by Gasteiger charge is 2.32. The summed E-state index contributed by atoms with van der Waals surface area (Å²) in [7, 11) is 1.69. The first-order valence-corrected chi connectivity index (χ1v) is 9.01. The summed E-state index contributed by atoms with van der Waals surface area (Å²) in [6.07, 6.45) is 6.09. The van der Waals surface area contributed by atoms with Crippen LogP contribution in [-0.4, -0.2) is 52.9 Å². The van der Waals surface area contributed by atoms with Gasteiger partial charge in [-0.3, -0.25) is 4.79 Å². The molecule has 0 aromatic rings. The number of carbonyl (C=O) groups is 2. The molecule has 2 amide bonds. The Morgan fingerprint density at radius 1 is 1.38 bits per heavy atom. The van der Waals surface area contributed by atoms with E-state index in [9.17, 15) is 9.59 Å². The van der Waals surface area contributed by atoms with Crippen LogP contribution in [-0.2, 0) is 9.53 Å². The van der Waals surface area contributed by atoms with Gasteiger partial charge in [-0.05, 0) is 40.0 Å². The van der Waals surface area contributed by atoms with Gasteiger partial charge in [0.1, 0.15) is 5.60 Å². The highest BCUT2D eigenvalue weighted by molar-refractivity contribution is 6.08. The lowest BCUT2D eigenvalue weighted by Crippen LogP contribution is -2.43. The van der Waals surface area contributed by atoms with Crippen molar-refractivity contribution in [1.29, 1.82) is 0 Å². The monoisotopic (exact) mass is 337 g/mol. The summed E-state index contributed by atoms with van der Waals surface area (Å²) in [5, 5.41) is 6.07. The molecule has 0 radical (unpaired) electrons. The van der Waals surface area contributed by atoms with Crippen LogP contribution in [0.2, 0.25) is 0 Å². The van der Waals surface area contributed by atoms with E-state index < -0.39 is 11.7 Å². The van der Waals surface area contributed by atoms with Crippen LogP contribution in [0.3, 0.4) is 0 Å². The Morgan fingerprint density at radius 2 is 2.00 bits per heavy atom. The van der Waals surface area contributed by atoms with Crippen molar-refractivity contribution in [3.63, 3.8) is 0 Å². The summed E-state index contributed by atoms with van der Waals surface area (Å²) >= 11 is 0. The number of nitrogens with zero attached hydrogens (tertiary/aromatic N) is 3. The molecule has 1 aliphatic carbocycles. The summed E-state index contributed by atoms with van der Waals surface area (Å²) in [6.45, 7) is 8.09. The Kier molecular flexibility index (Phi) is 5.88. The molecule has 1 heterocycles. The third-order valence-corrected chi connectivity index (χ3v) is 4.84. The van der Waals surface area contributed by atoms with Gasteiger partial charge in [-0.2, -0.15) is 5.10 Å². The van der Waals surface area contributed by atoms with Gasteiger partial charge in [0.15, 0.2) is 0 Å². The average molecular weight is 337 g/mol. The Bertz CT molecular complexity index is 504. The van der Waals surface area contributed by atoms with E-state index >= 15 is 0 Å². The maximum Gasteiger partial charge on any atom is 0.410 e. The smallest absolute Gasteiger partial charge is 0.410 e. The van der Waals surface area contributed by atoms with Gasteiger partial charge in [0.2, 0.25) is 5.91 Å². The largest absolute Gasteiger partial charge is 0.444 e. The van der Waals surface area contributed by atoms with Crippen molar-refractivity contribution >= 4 is 17.7 Å². The minimum Gasteiger partial charge on any atom is -0.444 e. The third-order valence-electron chi connectivity index (χ3n) is 4.84. The van der Waals surface area contributed by atoms with Crippen LogP contribution in [0, 0.1) is 5.92 Å². The summed E-state index contributed by atoms with van der Waals surface area (Å²) in [5.74, 6) is 0.770. The standard InChI is InChI=1S/C18H31N3O3/c1-13(20(5)17(23)24-18(2,3)4)15-12-16(22)21(19-15)11-10-14-8-6-7-9-14/h13-14H,6-12H2,1-5H3. The lowest BCUT2D eigenvalue weighted by atomic mass is 10.0. The molecule has 0 N–H and O–H groups in total. The number of hydrazone groups is 1. The highest BCUT2D eigenvalue weighted by atomic mass is 16.6. The Labute approximate surface area is 145 Å². The maximum atomic E-state index is 12.2. The van der Waals surface area contributed by atoms with E-state index in [1.165, 1.54) is 30.6 Å². The minimum absolute atomic E-state index is 0.0347. The molecular weight excluding hydrogens is 306 g/mol. The Balaban J connectivity index is 1.91. The lowest BCUT2D eigenvalue weighted by Gasteiger charge is -2.28. The summed E-state index contributed by atoms with van der Waals surface area (Å²) in [4.78, 5) is 25.9. The predicted octanol–water partition coefficient (Wildman–Crippen LogP) is 3.41. The zero-order chi connectivity index (χ0) is 17.9. The Hall–Kier alpha value is -1.59. The Morgan fingerprint density at radius 3 is 2.58 bits per heavy atom. The second-order valence-corrected chi connectivity index (χ2v) is 7.99. The van der Waals surface area contributed by atoms with E-state index in [1.807, 2.05) is 27.7 Å². The van der Waals surface area contributed by atoms with Crippen LogP contribution >= 0.6 is 0 Å². The SMILES string of the molecule is CC(C1=NN(CCC2CCCC2)C(=O)C1)N(C)C(=O)OC(C)(C)C. The molecule has 2 aliphatic rings. The molecule has 1 atom stereocenters. The molecule has 1 fully saturated rings. The molecule has 1 saturated carbocycles. The van der Waals surface area contributed by atoms with Crippen molar-refractivity contribution < 1.29 is 14.3 Å². The normalized spacial score (nSPS) is 20.3. The summed E-state index contributed by atoms with van der Waals surface area (Å²) in [6, 6.07) is -0.250. The van der Waals surface area contributed by atoms with Gasteiger partial charge >= 0.3 is 6.09 Å². The fraction of sp³-hybridized carbons (Fsp3) is 0.833. The molecule has 24 heavy (non-hydrogen) atoms. The first-order valence-electron chi connectivity index (χ1n) is 9.01. The van der Waals surface area contributed by atoms with Gasteiger partial charge in [0.05, 0.1) is 18.2 Å². The predicted molar refractivity (Wildman–Crippen MR) is 93.8 cm³/mol. The van der Waals surface area contributed by atoms with Crippen LogP contribution in [0.1, 0.15) is 66.2 Å². The zero-order valence-electron chi connectivity index (χ0n) is 15.7. The molecule has 1 unspecified atom stereocenters. The molecule has 0 saturated heterocycles.